The van der Waals surface area contributed by atoms with Gasteiger partial charge in [-0.25, -0.2) is 0 Å². The van der Waals surface area contributed by atoms with Crippen LogP contribution in [0.2, 0.25) is 0 Å². The highest BCUT2D eigenvalue weighted by Gasteiger charge is 1.99. The summed E-state index contributed by atoms with van der Waals surface area (Å²) in [7, 11) is 0. The second-order valence-corrected chi connectivity index (χ2v) is 9.30. The molecule has 0 amide bonds. The van der Waals surface area contributed by atoms with Gasteiger partial charge in [0, 0.05) is 12.8 Å². The number of Topliss-reactive ketones (excluding diaryl/α,β-unsaturated/α-hetero) is 1. The molecule has 0 radical (unpaired) electrons. The van der Waals surface area contributed by atoms with Gasteiger partial charge in [-0.1, -0.05) is 6.92 Å². The van der Waals surface area contributed by atoms with E-state index < -0.39 is 0 Å². The van der Waals surface area contributed by atoms with Crippen LogP contribution < -0.4 is 0 Å². The fraction of sp³-hybridized carbons (Fsp3) is 0.967. The summed E-state index contributed by atoms with van der Waals surface area (Å²) >= 11 is 0. The topological polar surface area (TPSA) is 128 Å². The maximum atomic E-state index is 11.1. The molecule has 0 fully saturated rings. The van der Waals surface area contributed by atoms with Crippen molar-refractivity contribution in [1.82, 2.24) is 0 Å². The zero-order valence-electron chi connectivity index (χ0n) is 27.1. The predicted molar refractivity (Wildman–Crippen MR) is 160 cm³/mol. The van der Waals surface area contributed by atoms with E-state index in [1.807, 2.05) is 20.8 Å². The van der Waals surface area contributed by atoms with Crippen LogP contribution in [0.3, 0.4) is 0 Å². The van der Waals surface area contributed by atoms with Crippen LogP contribution in [0.25, 0.3) is 0 Å². The normalized spacial score (nSPS) is 11.6. The van der Waals surface area contributed by atoms with E-state index in [4.69, 9.17) is 56.8 Å². The Balaban J connectivity index is 3.05. The molecule has 0 aromatic heterocycles. The summed E-state index contributed by atoms with van der Waals surface area (Å²) in [6.45, 7) is 17.7. The second-order valence-electron chi connectivity index (χ2n) is 9.30. The zero-order chi connectivity index (χ0) is 31.3. The number of rotatable bonds is 38. The van der Waals surface area contributed by atoms with Crippen LogP contribution >= 0.6 is 0 Å². The first-order chi connectivity index (χ1) is 21.2. The number of carbonyl (C=O) groups excluding carboxylic acids is 1. The Labute approximate surface area is 259 Å². The van der Waals surface area contributed by atoms with Gasteiger partial charge in [0.15, 0.2) is 0 Å². The number of carbonyl (C=O) groups is 1. The summed E-state index contributed by atoms with van der Waals surface area (Å²) in [4.78, 5) is 11.1. The molecule has 13 heteroatoms. The molecule has 0 aliphatic carbocycles. The van der Waals surface area contributed by atoms with Crippen molar-refractivity contribution in [2.24, 2.45) is 0 Å². The van der Waals surface area contributed by atoms with Gasteiger partial charge >= 0.3 is 0 Å². The van der Waals surface area contributed by atoms with E-state index in [-0.39, 0.29) is 11.9 Å². The van der Waals surface area contributed by atoms with Crippen LogP contribution in [-0.4, -0.2) is 164 Å². The van der Waals surface area contributed by atoms with Crippen molar-refractivity contribution in [3.63, 3.8) is 0 Å². The Morgan fingerprint density at radius 2 is 0.581 bits per heavy atom. The second kappa shape index (κ2) is 37.4. The van der Waals surface area contributed by atoms with Gasteiger partial charge in [0.05, 0.1) is 158 Å². The Kier molecular flexibility index (Phi) is 36.7. The van der Waals surface area contributed by atoms with Crippen LogP contribution in [0.1, 0.15) is 33.6 Å². The van der Waals surface area contributed by atoms with Crippen molar-refractivity contribution in [2.45, 2.75) is 39.7 Å². The molecular formula is C30H60O13. The minimum absolute atomic E-state index is 0.215. The number of ether oxygens (including phenoxy) is 12. The van der Waals surface area contributed by atoms with Crippen molar-refractivity contribution in [3.8, 4) is 0 Å². The van der Waals surface area contributed by atoms with Gasteiger partial charge in [0.25, 0.3) is 0 Å². The highest BCUT2D eigenvalue weighted by atomic mass is 16.6. The molecule has 0 saturated carbocycles. The lowest BCUT2D eigenvalue weighted by molar-refractivity contribution is -0.120. The molecule has 0 unspecified atom stereocenters. The van der Waals surface area contributed by atoms with Gasteiger partial charge < -0.3 is 56.8 Å². The van der Waals surface area contributed by atoms with Gasteiger partial charge in [0.2, 0.25) is 0 Å². The fourth-order valence-electron chi connectivity index (χ4n) is 3.01. The predicted octanol–water partition coefficient (Wildman–Crippen LogP) is 1.96. The molecule has 0 aliphatic heterocycles. The van der Waals surface area contributed by atoms with Crippen LogP contribution in [0, 0.1) is 0 Å². The third kappa shape index (κ3) is 39.2. The van der Waals surface area contributed by atoms with E-state index in [1.165, 1.54) is 0 Å². The molecule has 0 spiro atoms. The van der Waals surface area contributed by atoms with Crippen molar-refractivity contribution in [1.29, 1.82) is 0 Å². The Morgan fingerprint density at radius 1 is 0.372 bits per heavy atom. The van der Waals surface area contributed by atoms with E-state index in [1.54, 1.807) is 0 Å². The first kappa shape index (κ1) is 42.2. The number of hydrogen-bond donors (Lipinski definition) is 0. The van der Waals surface area contributed by atoms with E-state index in [9.17, 15) is 4.79 Å². The molecule has 0 atom stereocenters. The quantitative estimate of drug-likeness (QED) is 0.0926. The SMILES string of the molecule is CCC(=O)CCOCCOCCOCCOCCOCCOCCOCCOCCOCCOCCOCCOC(C)C. The van der Waals surface area contributed by atoms with Gasteiger partial charge in [-0.3, -0.25) is 4.79 Å². The monoisotopic (exact) mass is 628 g/mol. The Hall–Kier alpha value is -0.810. The minimum Gasteiger partial charge on any atom is -0.379 e. The van der Waals surface area contributed by atoms with Crippen LogP contribution in [-0.2, 0) is 61.6 Å². The van der Waals surface area contributed by atoms with Gasteiger partial charge in [-0.05, 0) is 13.8 Å². The summed E-state index contributed by atoms with van der Waals surface area (Å²) in [6, 6.07) is 0. The Morgan fingerprint density at radius 3 is 0.791 bits per heavy atom. The summed E-state index contributed by atoms with van der Waals surface area (Å²) in [5.74, 6) is 0.215. The largest absolute Gasteiger partial charge is 0.379 e. The molecule has 0 aliphatic rings. The van der Waals surface area contributed by atoms with Crippen molar-refractivity contribution in [2.75, 3.05) is 152 Å². The third-order valence-corrected chi connectivity index (χ3v) is 5.32. The number of hydrogen-bond acceptors (Lipinski definition) is 13. The lowest BCUT2D eigenvalue weighted by atomic mass is 10.2. The molecular weight excluding hydrogens is 568 g/mol. The maximum absolute atomic E-state index is 11.1. The highest BCUT2D eigenvalue weighted by molar-refractivity contribution is 5.78. The van der Waals surface area contributed by atoms with Gasteiger partial charge in [-0.15, -0.1) is 0 Å². The fourth-order valence-corrected chi connectivity index (χ4v) is 3.01. The summed E-state index contributed by atoms with van der Waals surface area (Å²) in [6.07, 6.45) is 1.26. The highest BCUT2D eigenvalue weighted by Crippen LogP contribution is 1.91. The Bertz CT molecular complexity index is 540. The molecule has 0 aromatic rings. The third-order valence-electron chi connectivity index (χ3n) is 5.32. The van der Waals surface area contributed by atoms with E-state index >= 15 is 0 Å². The number of ketones is 1. The van der Waals surface area contributed by atoms with Crippen LogP contribution in [0.4, 0.5) is 0 Å². The lowest BCUT2D eigenvalue weighted by Crippen LogP contribution is -2.15. The summed E-state index contributed by atoms with van der Waals surface area (Å²) in [5.41, 5.74) is 0. The molecule has 0 rings (SSSR count). The van der Waals surface area contributed by atoms with Crippen LogP contribution in [0.15, 0.2) is 0 Å². The molecule has 43 heavy (non-hydrogen) atoms. The average Bonchev–Trinajstić information content (AvgIpc) is 3.00. The summed E-state index contributed by atoms with van der Waals surface area (Å²) < 4.78 is 65.2. The van der Waals surface area contributed by atoms with E-state index in [0.29, 0.717) is 165 Å². The van der Waals surface area contributed by atoms with E-state index in [2.05, 4.69) is 0 Å². The van der Waals surface area contributed by atoms with Crippen molar-refractivity contribution in [3.05, 3.63) is 0 Å². The first-order valence-electron chi connectivity index (χ1n) is 15.6. The van der Waals surface area contributed by atoms with Gasteiger partial charge in [0.1, 0.15) is 5.78 Å². The maximum Gasteiger partial charge on any atom is 0.134 e. The van der Waals surface area contributed by atoms with Crippen LogP contribution in [0.5, 0.6) is 0 Å². The summed E-state index contributed by atoms with van der Waals surface area (Å²) in [5, 5.41) is 0. The zero-order valence-corrected chi connectivity index (χ0v) is 27.1. The minimum atomic E-state index is 0.215. The smallest absolute Gasteiger partial charge is 0.134 e. The molecule has 0 bridgehead atoms. The van der Waals surface area contributed by atoms with E-state index in [0.717, 1.165) is 0 Å². The molecule has 0 aromatic carbocycles. The molecule has 0 heterocycles. The average molecular weight is 629 g/mol. The van der Waals surface area contributed by atoms with Crippen molar-refractivity contribution < 1.29 is 61.6 Å². The molecule has 0 saturated heterocycles. The first-order valence-corrected chi connectivity index (χ1v) is 15.6. The molecule has 13 nitrogen and oxygen atoms in total. The van der Waals surface area contributed by atoms with Gasteiger partial charge in [-0.2, -0.15) is 0 Å². The standard InChI is InChI=1S/C30H60O13/c1-4-30(31)5-6-32-7-8-33-9-10-34-11-12-35-13-14-36-15-16-37-17-18-38-19-20-39-21-22-40-23-24-41-25-26-42-27-28-43-29(2)3/h29H,4-28H2,1-3H3. The van der Waals surface area contributed by atoms with Crippen molar-refractivity contribution >= 4 is 5.78 Å². The molecule has 0 N–H and O–H groups in total. The molecule has 258 valence electrons. The lowest BCUT2D eigenvalue weighted by Gasteiger charge is -2.09.